The molecule has 0 bridgehead atoms. The van der Waals surface area contributed by atoms with Gasteiger partial charge in [-0.05, 0) is 78.6 Å². The third kappa shape index (κ3) is 5.47. The maximum absolute atomic E-state index is 13.6. The number of aromatic nitrogens is 2. The summed E-state index contributed by atoms with van der Waals surface area (Å²) in [6.07, 6.45) is 5.39. The van der Waals surface area contributed by atoms with Crippen LogP contribution in [-0.4, -0.2) is 46.3 Å². The zero-order chi connectivity index (χ0) is 24.2. The molecule has 1 atom stereocenters. The summed E-state index contributed by atoms with van der Waals surface area (Å²) in [5, 5.41) is 7.05. The van der Waals surface area contributed by atoms with Crippen molar-refractivity contribution in [3.05, 3.63) is 64.3 Å². The van der Waals surface area contributed by atoms with Crippen molar-refractivity contribution in [2.45, 2.75) is 32.2 Å². The summed E-state index contributed by atoms with van der Waals surface area (Å²) in [4.78, 5) is 15.1. The number of piperidine rings is 1. The molecule has 34 heavy (non-hydrogen) atoms. The van der Waals surface area contributed by atoms with Gasteiger partial charge in [-0.3, -0.25) is 14.4 Å². The first kappa shape index (κ1) is 24.3. The Morgan fingerprint density at radius 1 is 1.21 bits per heavy atom. The fraction of sp³-hybridized carbons (Fsp3) is 0.360. The Kier molecular flexibility index (Phi) is 7.63. The molecule has 1 aromatic heterocycles. The van der Waals surface area contributed by atoms with Gasteiger partial charge < -0.3 is 10.1 Å². The van der Waals surface area contributed by atoms with E-state index in [1.54, 1.807) is 29.1 Å². The van der Waals surface area contributed by atoms with Crippen LogP contribution in [0.5, 0.6) is 5.75 Å². The summed E-state index contributed by atoms with van der Waals surface area (Å²) in [7, 11) is 1.83. The Hall–Kier alpha value is -2.78. The van der Waals surface area contributed by atoms with E-state index in [0.29, 0.717) is 24.1 Å². The molecule has 0 radical (unpaired) electrons. The lowest BCUT2D eigenvalue weighted by molar-refractivity contribution is 0.102. The number of anilines is 1. The SMILES string of the molecule is CC1CCCCN1CCOc1ccc(NC(=O)c2ccc(F)c(F)c2)cc1-c1c(Br)cnn1C. The monoisotopic (exact) mass is 532 g/mol. The number of aryl methyl sites for hydroxylation is 1. The number of likely N-dealkylation sites (tertiary alicyclic amines) is 1. The molecule has 1 N–H and O–H groups in total. The van der Waals surface area contributed by atoms with Crippen LogP contribution in [0.25, 0.3) is 11.3 Å². The summed E-state index contributed by atoms with van der Waals surface area (Å²) in [6.45, 7) is 4.70. The number of amides is 1. The number of rotatable bonds is 7. The van der Waals surface area contributed by atoms with E-state index in [1.807, 2.05) is 7.05 Å². The predicted molar refractivity (Wildman–Crippen MR) is 131 cm³/mol. The highest BCUT2D eigenvalue weighted by Crippen LogP contribution is 2.37. The summed E-state index contributed by atoms with van der Waals surface area (Å²) in [6, 6.07) is 8.92. The van der Waals surface area contributed by atoms with E-state index in [1.165, 1.54) is 25.3 Å². The van der Waals surface area contributed by atoms with E-state index in [9.17, 15) is 13.6 Å². The number of benzene rings is 2. The number of hydrogen-bond acceptors (Lipinski definition) is 4. The van der Waals surface area contributed by atoms with E-state index < -0.39 is 17.5 Å². The lowest BCUT2D eigenvalue weighted by Crippen LogP contribution is -2.39. The predicted octanol–water partition coefficient (Wildman–Crippen LogP) is 5.63. The molecular weight excluding hydrogens is 506 g/mol. The third-order valence-electron chi connectivity index (χ3n) is 6.15. The van der Waals surface area contributed by atoms with Gasteiger partial charge in [0.15, 0.2) is 11.6 Å². The van der Waals surface area contributed by atoms with Crippen LogP contribution < -0.4 is 10.1 Å². The fourth-order valence-electron chi connectivity index (χ4n) is 4.24. The van der Waals surface area contributed by atoms with E-state index in [2.05, 4.69) is 38.2 Å². The molecule has 0 aliphatic carbocycles. The number of carbonyl (C=O) groups excluding carboxylic acids is 1. The zero-order valence-corrected chi connectivity index (χ0v) is 20.7. The van der Waals surface area contributed by atoms with Gasteiger partial charge in [-0.2, -0.15) is 5.10 Å². The Balaban J connectivity index is 1.55. The Labute approximate surface area is 206 Å². The first-order chi connectivity index (χ1) is 16.3. The smallest absolute Gasteiger partial charge is 0.255 e. The molecule has 3 aromatic rings. The van der Waals surface area contributed by atoms with Crippen LogP contribution in [0.4, 0.5) is 14.5 Å². The highest BCUT2D eigenvalue weighted by molar-refractivity contribution is 9.10. The first-order valence-corrected chi connectivity index (χ1v) is 12.1. The quantitative estimate of drug-likeness (QED) is 0.428. The van der Waals surface area contributed by atoms with Crippen molar-refractivity contribution < 1.29 is 18.3 Å². The minimum atomic E-state index is -1.07. The second-order valence-electron chi connectivity index (χ2n) is 8.49. The number of hydrogen-bond donors (Lipinski definition) is 1. The molecule has 6 nitrogen and oxygen atoms in total. The standard InChI is InChI=1S/C25H27BrF2N4O2/c1-16-5-3-4-10-32(16)11-12-34-23-9-7-18(14-19(23)24-20(26)15-29-31(24)2)30-25(33)17-6-8-21(27)22(28)13-17/h6-9,13-16H,3-5,10-12H2,1-2H3,(H,30,33). The van der Waals surface area contributed by atoms with Gasteiger partial charge in [-0.1, -0.05) is 6.42 Å². The van der Waals surface area contributed by atoms with Crippen molar-refractivity contribution in [1.82, 2.24) is 14.7 Å². The molecule has 2 aromatic carbocycles. The summed E-state index contributed by atoms with van der Waals surface area (Å²) < 4.78 is 35.5. The Bertz CT molecular complexity index is 1160. The molecule has 1 amide bonds. The highest BCUT2D eigenvalue weighted by Gasteiger charge is 2.20. The van der Waals surface area contributed by atoms with E-state index in [0.717, 1.165) is 41.0 Å². The average molecular weight is 533 g/mol. The number of halogens is 3. The maximum atomic E-state index is 13.6. The van der Waals surface area contributed by atoms with Crippen molar-refractivity contribution in [2.24, 2.45) is 7.05 Å². The van der Waals surface area contributed by atoms with E-state index in [4.69, 9.17) is 4.74 Å². The van der Waals surface area contributed by atoms with Gasteiger partial charge in [-0.15, -0.1) is 0 Å². The summed E-state index contributed by atoms with van der Waals surface area (Å²) >= 11 is 3.54. The molecule has 180 valence electrons. The largest absolute Gasteiger partial charge is 0.492 e. The second-order valence-corrected chi connectivity index (χ2v) is 9.34. The Morgan fingerprint density at radius 3 is 2.74 bits per heavy atom. The molecular formula is C25H27BrF2N4O2. The van der Waals surface area contributed by atoms with Crippen molar-refractivity contribution in [1.29, 1.82) is 0 Å². The third-order valence-corrected chi connectivity index (χ3v) is 6.73. The van der Waals surface area contributed by atoms with E-state index >= 15 is 0 Å². The minimum Gasteiger partial charge on any atom is -0.492 e. The number of carbonyl (C=O) groups is 1. The molecule has 1 aliphatic heterocycles. The van der Waals surface area contributed by atoms with Crippen LogP contribution in [-0.2, 0) is 7.05 Å². The van der Waals surface area contributed by atoms with Crippen molar-refractivity contribution >= 4 is 27.5 Å². The van der Waals surface area contributed by atoms with Crippen molar-refractivity contribution in [3.8, 4) is 17.0 Å². The molecule has 0 spiro atoms. The molecule has 0 saturated carbocycles. The van der Waals surface area contributed by atoms with Gasteiger partial charge in [-0.25, -0.2) is 8.78 Å². The maximum Gasteiger partial charge on any atom is 0.255 e. The lowest BCUT2D eigenvalue weighted by Gasteiger charge is -2.33. The molecule has 2 heterocycles. The molecule has 1 fully saturated rings. The van der Waals surface area contributed by atoms with Crippen LogP contribution in [0.1, 0.15) is 36.5 Å². The fourth-order valence-corrected chi connectivity index (χ4v) is 4.80. The van der Waals surface area contributed by atoms with Crippen LogP contribution in [0.3, 0.4) is 0 Å². The first-order valence-electron chi connectivity index (χ1n) is 11.3. The molecule has 1 aliphatic rings. The van der Waals surface area contributed by atoms with Crippen LogP contribution in [0.2, 0.25) is 0 Å². The summed E-state index contributed by atoms with van der Waals surface area (Å²) in [5.74, 6) is -1.94. The number of nitrogens with one attached hydrogen (secondary N) is 1. The average Bonchev–Trinajstić information content (AvgIpc) is 3.15. The van der Waals surface area contributed by atoms with Crippen molar-refractivity contribution in [3.63, 3.8) is 0 Å². The van der Waals surface area contributed by atoms with Gasteiger partial charge >= 0.3 is 0 Å². The Morgan fingerprint density at radius 2 is 2.03 bits per heavy atom. The highest BCUT2D eigenvalue weighted by atomic mass is 79.9. The van der Waals surface area contributed by atoms with Gasteiger partial charge in [0.2, 0.25) is 0 Å². The second kappa shape index (κ2) is 10.7. The molecule has 9 heteroatoms. The summed E-state index contributed by atoms with van der Waals surface area (Å²) in [5.41, 5.74) is 2.07. The lowest BCUT2D eigenvalue weighted by atomic mass is 10.0. The van der Waals surface area contributed by atoms with Crippen LogP contribution in [0.15, 0.2) is 47.1 Å². The van der Waals surface area contributed by atoms with Crippen LogP contribution in [0, 0.1) is 11.6 Å². The van der Waals surface area contributed by atoms with Gasteiger partial charge in [0.05, 0.1) is 16.4 Å². The number of nitrogens with zero attached hydrogens (tertiary/aromatic N) is 3. The van der Waals surface area contributed by atoms with Gasteiger partial charge in [0.25, 0.3) is 5.91 Å². The molecule has 1 unspecified atom stereocenters. The van der Waals surface area contributed by atoms with Gasteiger partial charge in [0, 0.05) is 36.4 Å². The zero-order valence-electron chi connectivity index (χ0n) is 19.2. The minimum absolute atomic E-state index is 0.0261. The topological polar surface area (TPSA) is 59.4 Å². The van der Waals surface area contributed by atoms with Crippen molar-refractivity contribution in [2.75, 3.05) is 25.0 Å². The normalized spacial score (nSPS) is 16.4. The number of ether oxygens (including phenoxy) is 1. The van der Waals surface area contributed by atoms with Gasteiger partial charge in [0.1, 0.15) is 12.4 Å². The molecule has 1 saturated heterocycles. The molecule has 4 rings (SSSR count). The van der Waals surface area contributed by atoms with E-state index in [-0.39, 0.29) is 5.56 Å². The van der Waals surface area contributed by atoms with Crippen LogP contribution >= 0.6 is 15.9 Å².